The first-order valence-corrected chi connectivity index (χ1v) is 7.78. The summed E-state index contributed by atoms with van der Waals surface area (Å²) in [6, 6.07) is 15.4. The van der Waals surface area contributed by atoms with E-state index in [-0.39, 0.29) is 5.91 Å². The number of carbonyl (C=O) groups is 1. The maximum Gasteiger partial charge on any atom is 0.252 e. The van der Waals surface area contributed by atoms with Gasteiger partial charge in [0, 0.05) is 30.0 Å². The molecule has 24 heavy (non-hydrogen) atoms. The zero-order valence-electron chi connectivity index (χ0n) is 13.2. The third-order valence-electron chi connectivity index (χ3n) is 4.05. The minimum atomic E-state index is -0.0989. The maximum absolute atomic E-state index is 12.7. The van der Waals surface area contributed by atoms with Crippen LogP contribution in [-0.4, -0.2) is 20.5 Å². The van der Waals surface area contributed by atoms with Crippen LogP contribution in [0.4, 0.5) is 0 Å². The number of aromatic nitrogens is 3. The van der Waals surface area contributed by atoms with Crippen molar-refractivity contribution < 1.29 is 4.79 Å². The van der Waals surface area contributed by atoms with Crippen molar-refractivity contribution in [2.45, 2.75) is 13.5 Å². The largest absolute Gasteiger partial charge is 0.348 e. The molecule has 4 aromatic rings. The molecule has 0 atom stereocenters. The van der Waals surface area contributed by atoms with Crippen molar-refractivity contribution in [1.82, 2.24) is 19.9 Å². The van der Waals surface area contributed by atoms with Crippen molar-refractivity contribution in [3.8, 4) is 0 Å². The van der Waals surface area contributed by atoms with Crippen molar-refractivity contribution in [3.05, 3.63) is 77.7 Å². The second kappa shape index (κ2) is 5.77. The maximum atomic E-state index is 12.7. The van der Waals surface area contributed by atoms with Gasteiger partial charge >= 0.3 is 0 Å². The van der Waals surface area contributed by atoms with Crippen molar-refractivity contribution >= 4 is 22.3 Å². The number of para-hydroxylation sites is 1. The average Bonchev–Trinajstić information content (AvgIpc) is 3.08. The van der Waals surface area contributed by atoms with Gasteiger partial charge in [0.05, 0.1) is 16.6 Å². The summed E-state index contributed by atoms with van der Waals surface area (Å²) in [7, 11) is 0. The summed E-state index contributed by atoms with van der Waals surface area (Å²) in [6.45, 7) is 2.35. The summed E-state index contributed by atoms with van der Waals surface area (Å²) in [5, 5.41) is 8.09. The van der Waals surface area contributed by atoms with Crippen molar-refractivity contribution in [3.63, 3.8) is 0 Å². The Balaban J connectivity index is 1.64. The van der Waals surface area contributed by atoms with Gasteiger partial charge in [-0.3, -0.25) is 9.78 Å². The summed E-state index contributed by atoms with van der Waals surface area (Å²) in [6.07, 6.45) is 3.64. The number of carbonyl (C=O) groups excluding carboxylic acids is 1. The van der Waals surface area contributed by atoms with Gasteiger partial charge in [0.1, 0.15) is 0 Å². The Hall–Kier alpha value is -3.21. The van der Waals surface area contributed by atoms with Crippen molar-refractivity contribution in [2.24, 2.45) is 0 Å². The van der Waals surface area contributed by atoms with E-state index in [0.717, 1.165) is 27.7 Å². The molecule has 0 saturated carbocycles. The van der Waals surface area contributed by atoms with Crippen LogP contribution in [0.15, 0.2) is 60.9 Å². The van der Waals surface area contributed by atoms with Crippen LogP contribution in [0.1, 0.15) is 21.6 Å². The van der Waals surface area contributed by atoms with Gasteiger partial charge in [0.2, 0.25) is 0 Å². The molecular weight excluding hydrogens is 300 g/mol. The molecule has 3 heterocycles. The molecule has 5 nitrogen and oxygen atoms in total. The number of aryl methyl sites for hydroxylation is 1. The third kappa shape index (κ3) is 2.50. The highest BCUT2D eigenvalue weighted by Crippen LogP contribution is 2.18. The molecule has 0 bridgehead atoms. The number of nitrogens with zero attached hydrogens (tertiary/aromatic N) is 3. The van der Waals surface area contributed by atoms with Crippen LogP contribution in [0.3, 0.4) is 0 Å². The molecule has 0 aliphatic carbocycles. The zero-order chi connectivity index (χ0) is 16.5. The summed E-state index contributed by atoms with van der Waals surface area (Å²) < 4.78 is 1.80. The Kier molecular flexibility index (Phi) is 3.46. The molecule has 0 saturated heterocycles. The molecule has 0 aliphatic heterocycles. The lowest BCUT2D eigenvalue weighted by Crippen LogP contribution is -2.23. The third-order valence-corrected chi connectivity index (χ3v) is 4.05. The average molecular weight is 316 g/mol. The molecule has 0 unspecified atom stereocenters. The summed E-state index contributed by atoms with van der Waals surface area (Å²) in [5.41, 5.74) is 4.34. The van der Waals surface area contributed by atoms with Crippen LogP contribution in [0.25, 0.3) is 16.4 Å². The number of hydrogen-bond donors (Lipinski definition) is 1. The SMILES string of the molecule is Cc1cc(C(=O)NCc2cccn3nccc23)c2ccccc2n1. The van der Waals surface area contributed by atoms with E-state index in [2.05, 4.69) is 15.4 Å². The van der Waals surface area contributed by atoms with E-state index in [1.54, 1.807) is 10.7 Å². The van der Waals surface area contributed by atoms with Gasteiger partial charge in [-0.15, -0.1) is 0 Å². The Bertz CT molecular complexity index is 1050. The Morgan fingerprint density at radius 3 is 2.96 bits per heavy atom. The van der Waals surface area contributed by atoms with E-state index in [0.29, 0.717) is 12.1 Å². The predicted octanol–water partition coefficient (Wildman–Crippen LogP) is 3.12. The van der Waals surface area contributed by atoms with Gasteiger partial charge < -0.3 is 5.32 Å². The van der Waals surface area contributed by atoms with Crippen LogP contribution in [0.2, 0.25) is 0 Å². The van der Waals surface area contributed by atoms with Gasteiger partial charge in [0.15, 0.2) is 0 Å². The molecule has 0 aliphatic rings. The number of fused-ring (bicyclic) bond motifs is 2. The standard InChI is InChI=1S/C19H16N4O/c1-13-11-16(15-6-2-3-7-17(15)22-13)19(24)20-12-14-5-4-10-23-18(14)8-9-21-23/h2-11H,12H2,1H3,(H,20,24). The van der Waals surface area contributed by atoms with E-state index >= 15 is 0 Å². The molecule has 3 aromatic heterocycles. The molecule has 4 rings (SSSR count). The molecule has 1 aromatic carbocycles. The van der Waals surface area contributed by atoms with E-state index in [9.17, 15) is 4.79 Å². The van der Waals surface area contributed by atoms with Crippen molar-refractivity contribution in [2.75, 3.05) is 0 Å². The van der Waals surface area contributed by atoms with Crippen LogP contribution < -0.4 is 5.32 Å². The highest BCUT2D eigenvalue weighted by molar-refractivity contribution is 6.06. The fourth-order valence-corrected chi connectivity index (χ4v) is 2.93. The Morgan fingerprint density at radius 1 is 1.17 bits per heavy atom. The van der Waals surface area contributed by atoms with Gasteiger partial charge in [-0.2, -0.15) is 5.10 Å². The summed E-state index contributed by atoms with van der Waals surface area (Å²) in [5.74, 6) is -0.0989. The Labute approximate surface area is 139 Å². The fourth-order valence-electron chi connectivity index (χ4n) is 2.93. The number of rotatable bonds is 3. The number of benzene rings is 1. The van der Waals surface area contributed by atoms with E-state index in [1.807, 2.05) is 61.7 Å². The molecular formula is C19H16N4O. The smallest absolute Gasteiger partial charge is 0.252 e. The summed E-state index contributed by atoms with van der Waals surface area (Å²) >= 11 is 0. The number of amides is 1. The van der Waals surface area contributed by atoms with E-state index in [4.69, 9.17) is 0 Å². The van der Waals surface area contributed by atoms with Crippen LogP contribution in [0, 0.1) is 6.92 Å². The first kappa shape index (κ1) is 14.4. The molecule has 0 spiro atoms. The lowest BCUT2D eigenvalue weighted by molar-refractivity contribution is 0.0952. The second-order valence-corrected chi connectivity index (χ2v) is 5.71. The normalized spacial score (nSPS) is 11.0. The first-order valence-electron chi connectivity index (χ1n) is 7.78. The van der Waals surface area contributed by atoms with Crippen LogP contribution in [-0.2, 0) is 6.54 Å². The van der Waals surface area contributed by atoms with E-state index < -0.39 is 0 Å². The van der Waals surface area contributed by atoms with Gasteiger partial charge in [-0.05, 0) is 36.8 Å². The fraction of sp³-hybridized carbons (Fsp3) is 0.105. The minimum Gasteiger partial charge on any atom is -0.348 e. The number of pyridine rings is 2. The minimum absolute atomic E-state index is 0.0989. The summed E-state index contributed by atoms with van der Waals surface area (Å²) in [4.78, 5) is 17.2. The zero-order valence-corrected chi connectivity index (χ0v) is 13.2. The molecule has 0 fully saturated rings. The number of nitrogens with one attached hydrogen (secondary N) is 1. The number of hydrogen-bond acceptors (Lipinski definition) is 3. The molecule has 0 radical (unpaired) electrons. The van der Waals surface area contributed by atoms with Crippen molar-refractivity contribution in [1.29, 1.82) is 0 Å². The van der Waals surface area contributed by atoms with Gasteiger partial charge in [-0.25, -0.2) is 4.52 Å². The topological polar surface area (TPSA) is 59.3 Å². The molecule has 5 heteroatoms. The van der Waals surface area contributed by atoms with Gasteiger partial charge in [-0.1, -0.05) is 24.3 Å². The lowest BCUT2D eigenvalue weighted by Gasteiger charge is -2.10. The lowest BCUT2D eigenvalue weighted by atomic mass is 10.1. The second-order valence-electron chi connectivity index (χ2n) is 5.71. The quantitative estimate of drug-likeness (QED) is 0.632. The first-order chi connectivity index (χ1) is 11.7. The van der Waals surface area contributed by atoms with E-state index in [1.165, 1.54) is 0 Å². The molecule has 1 amide bonds. The van der Waals surface area contributed by atoms with Crippen LogP contribution >= 0.6 is 0 Å². The Morgan fingerprint density at radius 2 is 2.04 bits per heavy atom. The highest BCUT2D eigenvalue weighted by Gasteiger charge is 2.12. The predicted molar refractivity (Wildman–Crippen MR) is 92.8 cm³/mol. The monoisotopic (exact) mass is 316 g/mol. The van der Waals surface area contributed by atoms with Crippen LogP contribution in [0.5, 0.6) is 0 Å². The van der Waals surface area contributed by atoms with Gasteiger partial charge in [0.25, 0.3) is 5.91 Å². The molecule has 1 N–H and O–H groups in total. The highest BCUT2D eigenvalue weighted by atomic mass is 16.1. The molecule has 118 valence electrons.